The Morgan fingerprint density at radius 1 is 1.07 bits per heavy atom. The first-order valence-corrected chi connectivity index (χ1v) is 9.96. The fourth-order valence-electron chi connectivity index (χ4n) is 3.48. The van der Waals surface area contributed by atoms with Gasteiger partial charge in [0.05, 0.1) is 0 Å². The van der Waals surface area contributed by atoms with Crippen LogP contribution in [-0.2, 0) is 4.79 Å². The Hall–Kier alpha value is -2.39. The summed E-state index contributed by atoms with van der Waals surface area (Å²) < 4.78 is 0. The molecule has 1 saturated heterocycles. The minimum Gasteiger partial charge on any atom is -0.326 e. The van der Waals surface area contributed by atoms with Gasteiger partial charge in [-0.3, -0.25) is 9.69 Å². The molecule has 3 rings (SSSR count). The van der Waals surface area contributed by atoms with Gasteiger partial charge in [0.15, 0.2) is 0 Å². The molecule has 1 heterocycles. The molecule has 1 N–H and O–H groups in total. The van der Waals surface area contributed by atoms with E-state index in [2.05, 4.69) is 72.6 Å². The normalized spacial score (nSPS) is 16.1. The van der Waals surface area contributed by atoms with Crippen molar-refractivity contribution in [3.05, 3.63) is 71.8 Å². The molecule has 0 bridgehead atoms. The van der Waals surface area contributed by atoms with Gasteiger partial charge >= 0.3 is 0 Å². The van der Waals surface area contributed by atoms with Crippen molar-refractivity contribution in [2.75, 3.05) is 25.0 Å². The van der Waals surface area contributed by atoms with Gasteiger partial charge in [0.2, 0.25) is 5.91 Å². The molecule has 1 aliphatic heterocycles. The molecule has 0 radical (unpaired) electrons. The standard InChI is InChI=1S/C24H30N2O/c1-19(2)21-10-12-23(13-11-21)25-24(27)22-14-17-26(18-15-22)16-6-9-20-7-4-3-5-8-20/h3-13,19,22H,14-18H2,1-2H3,(H,25,27)/b9-6+. The Morgan fingerprint density at radius 3 is 2.37 bits per heavy atom. The van der Waals surface area contributed by atoms with Crippen molar-refractivity contribution in [3.63, 3.8) is 0 Å². The van der Waals surface area contributed by atoms with Crippen LogP contribution in [0.4, 0.5) is 5.69 Å². The summed E-state index contributed by atoms with van der Waals surface area (Å²) in [5.41, 5.74) is 3.43. The van der Waals surface area contributed by atoms with Crippen LogP contribution in [0.25, 0.3) is 6.08 Å². The molecule has 2 aromatic carbocycles. The average molecular weight is 363 g/mol. The number of anilines is 1. The third kappa shape index (κ3) is 5.80. The predicted octanol–water partition coefficient (Wildman–Crippen LogP) is 5.17. The number of carbonyl (C=O) groups excluding carboxylic acids is 1. The minimum absolute atomic E-state index is 0.115. The van der Waals surface area contributed by atoms with E-state index in [1.807, 2.05) is 18.2 Å². The largest absolute Gasteiger partial charge is 0.326 e. The summed E-state index contributed by atoms with van der Waals surface area (Å²) in [5.74, 6) is 0.783. The first kappa shape index (κ1) is 19.4. The van der Waals surface area contributed by atoms with Crippen molar-refractivity contribution in [1.82, 2.24) is 4.90 Å². The Morgan fingerprint density at radius 2 is 1.74 bits per heavy atom. The van der Waals surface area contributed by atoms with E-state index < -0.39 is 0 Å². The van der Waals surface area contributed by atoms with E-state index in [4.69, 9.17) is 0 Å². The summed E-state index contributed by atoms with van der Waals surface area (Å²) in [6.45, 7) is 7.25. The van der Waals surface area contributed by atoms with Crippen LogP contribution in [0.1, 0.15) is 43.7 Å². The first-order chi connectivity index (χ1) is 13.1. The van der Waals surface area contributed by atoms with E-state index in [1.165, 1.54) is 11.1 Å². The monoisotopic (exact) mass is 362 g/mol. The number of piperidine rings is 1. The zero-order chi connectivity index (χ0) is 19.1. The molecule has 2 aromatic rings. The van der Waals surface area contributed by atoms with Gasteiger partial charge in [0.25, 0.3) is 0 Å². The zero-order valence-electron chi connectivity index (χ0n) is 16.4. The number of hydrogen-bond acceptors (Lipinski definition) is 2. The summed E-state index contributed by atoms with van der Waals surface area (Å²) in [4.78, 5) is 15.0. The Labute approximate surface area is 163 Å². The third-order valence-corrected chi connectivity index (χ3v) is 5.28. The van der Waals surface area contributed by atoms with Crippen LogP contribution in [-0.4, -0.2) is 30.4 Å². The van der Waals surface area contributed by atoms with Gasteiger partial charge in [-0.15, -0.1) is 0 Å². The molecule has 1 amide bonds. The lowest BCUT2D eigenvalue weighted by molar-refractivity contribution is -0.121. The van der Waals surface area contributed by atoms with E-state index in [-0.39, 0.29) is 11.8 Å². The summed E-state index contributed by atoms with van der Waals surface area (Å²) in [6, 6.07) is 18.6. The molecule has 0 atom stereocenters. The van der Waals surface area contributed by atoms with Crippen molar-refractivity contribution < 1.29 is 4.79 Å². The third-order valence-electron chi connectivity index (χ3n) is 5.28. The number of nitrogens with one attached hydrogen (secondary N) is 1. The number of benzene rings is 2. The van der Waals surface area contributed by atoms with Crippen LogP contribution in [0.3, 0.4) is 0 Å². The van der Waals surface area contributed by atoms with Crippen molar-refractivity contribution in [2.24, 2.45) is 5.92 Å². The number of carbonyl (C=O) groups is 1. The lowest BCUT2D eigenvalue weighted by Gasteiger charge is -2.30. The molecule has 142 valence electrons. The van der Waals surface area contributed by atoms with Gasteiger partial charge in [0.1, 0.15) is 0 Å². The van der Waals surface area contributed by atoms with Crippen LogP contribution >= 0.6 is 0 Å². The topological polar surface area (TPSA) is 32.3 Å². The van der Waals surface area contributed by atoms with Gasteiger partial charge in [-0.1, -0.05) is 68.5 Å². The van der Waals surface area contributed by atoms with Crippen LogP contribution in [0.5, 0.6) is 0 Å². The Bertz CT molecular complexity index is 742. The second-order valence-electron chi connectivity index (χ2n) is 7.65. The van der Waals surface area contributed by atoms with Crippen LogP contribution in [0.2, 0.25) is 0 Å². The molecule has 27 heavy (non-hydrogen) atoms. The van der Waals surface area contributed by atoms with Crippen LogP contribution in [0, 0.1) is 5.92 Å². The molecule has 1 fully saturated rings. The molecule has 0 aromatic heterocycles. The molecule has 1 aliphatic rings. The summed E-state index contributed by atoms with van der Waals surface area (Å²) in [7, 11) is 0. The number of rotatable bonds is 6. The highest BCUT2D eigenvalue weighted by molar-refractivity contribution is 5.92. The van der Waals surface area contributed by atoms with Crippen molar-refractivity contribution in [2.45, 2.75) is 32.6 Å². The number of likely N-dealkylation sites (tertiary alicyclic amines) is 1. The maximum Gasteiger partial charge on any atom is 0.227 e. The highest BCUT2D eigenvalue weighted by Gasteiger charge is 2.24. The average Bonchev–Trinajstić information content (AvgIpc) is 2.70. The molecule has 0 aliphatic carbocycles. The van der Waals surface area contributed by atoms with Gasteiger partial charge in [-0.25, -0.2) is 0 Å². The van der Waals surface area contributed by atoms with E-state index in [1.54, 1.807) is 0 Å². The second-order valence-corrected chi connectivity index (χ2v) is 7.65. The lowest BCUT2D eigenvalue weighted by Crippen LogP contribution is -2.38. The maximum atomic E-state index is 12.5. The van der Waals surface area contributed by atoms with E-state index in [9.17, 15) is 4.79 Å². The van der Waals surface area contributed by atoms with Crippen LogP contribution < -0.4 is 5.32 Å². The molecular weight excluding hydrogens is 332 g/mol. The summed E-state index contributed by atoms with van der Waals surface area (Å²) in [5, 5.41) is 3.09. The van der Waals surface area contributed by atoms with Gasteiger partial charge in [-0.2, -0.15) is 0 Å². The highest BCUT2D eigenvalue weighted by atomic mass is 16.1. The fraction of sp³-hybridized carbons (Fsp3) is 0.375. The highest BCUT2D eigenvalue weighted by Crippen LogP contribution is 2.21. The number of amides is 1. The lowest BCUT2D eigenvalue weighted by atomic mass is 9.95. The quantitative estimate of drug-likeness (QED) is 0.768. The predicted molar refractivity (Wildman–Crippen MR) is 114 cm³/mol. The van der Waals surface area contributed by atoms with Crippen molar-refractivity contribution in [1.29, 1.82) is 0 Å². The first-order valence-electron chi connectivity index (χ1n) is 9.96. The molecule has 3 heteroatoms. The van der Waals surface area contributed by atoms with Gasteiger partial charge in [-0.05, 0) is 55.1 Å². The smallest absolute Gasteiger partial charge is 0.227 e. The number of nitrogens with zero attached hydrogens (tertiary/aromatic N) is 1. The Balaban J connectivity index is 1.43. The summed E-state index contributed by atoms with van der Waals surface area (Å²) in [6.07, 6.45) is 6.23. The number of hydrogen-bond donors (Lipinski definition) is 1. The van der Waals surface area contributed by atoms with Crippen LogP contribution in [0.15, 0.2) is 60.7 Å². The molecule has 0 unspecified atom stereocenters. The molecule has 3 nitrogen and oxygen atoms in total. The summed E-state index contributed by atoms with van der Waals surface area (Å²) >= 11 is 0. The fourth-order valence-corrected chi connectivity index (χ4v) is 3.48. The van der Waals surface area contributed by atoms with Crippen molar-refractivity contribution in [3.8, 4) is 0 Å². The SMILES string of the molecule is CC(C)c1ccc(NC(=O)C2CCN(C/C=C/c3ccccc3)CC2)cc1. The van der Waals surface area contributed by atoms with Crippen molar-refractivity contribution >= 4 is 17.7 Å². The van der Waals surface area contributed by atoms with Gasteiger partial charge in [0, 0.05) is 18.2 Å². The zero-order valence-corrected chi connectivity index (χ0v) is 16.4. The molecule has 0 saturated carbocycles. The van der Waals surface area contributed by atoms with E-state index in [0.29, 0.717) is 5.92 Å². The second kappa shape index (κ2) is 9.52. The van der Waals surface area contributed by atoms with E-state index >= 15 is 0 Å². The van der Waals surface area contributed by atoms with Gasteiger partial charge < -0.3 is 5.32 Å². The minimum atomic E-state index is 0.115. The molecule has 0 spiro atoms. The maximum absolute atomic E-state index is 12.5. The molecular formula is C24H30N2O. The Kier molecular flexibility index (Phi) is 6.83. The van der Waals surface area contributed by atoms with E-state index in [0.717, 1.165) is 38.2 Å².